The Labute approximate surface area is 157 Å². The Morgan fingerprint density at radius 1 is 1.21 bits per heavy atom. The average molecular weight is 404 g/mol. The molecule has 1 heterocycles. The van der Waals surface area contributed by atoms with E-state index in [0.717, 1.165) is 36.1 Å². The van der Waals surface area contributed by atoms with Crippen molar-refractivity contribution < 1.29 is 0 Å². The van der Waals surface area contributed by atoms with Crippen molar-refractivity contribution in [1.82, 2.24) is 5.32 Å². The summed E-state index contributed by atoms with van der Waals surface area (Å²) in [5, 5.41) is 7.17. The fraction of sp³-hybridized carbons (Fsp3) is 0.316. The van der Waals surface area contributed by atoms with E-state index in [-0.39, 0.29) is 0 Å². The summed E-state index contributed by atoms with van der Waals surface area (Å²) in [6.45, 7) is 4.22. The van der Waals surface area contributed by atoms with Crippen LogP contribution in [0.4, 0.5) is 11.4 Å². The van der Waals surface area contributed by atoms with Gasteiger partial charge in [-0.05, 0) is 67.9 Å². The molecule has 0 unspecified atom stereocenters. The zero-order valence-electron chi connectivity index (χ0n) is 13.8. The number of fused-ring (bicyclic) bond motifs is 1. The van der Waals surface area contributed by atoms with Crippen molar-refractivity contribution in [3.8, 4) is 0 Å². The molecule has 2 aromatic rings. The average Bonchev–Trinajstić information content (AvgIpc) is 2.89. The number of thiocarbonyl (C=S) groups is 1. The molecule has 0 saturated heterocycles. The van der Waals surface area contributed by atoms with Gasteiger partial charge in [0.25, 0.3) is 0 Å². The van der Waals surface area contributed by atoms with Gasteiger partial charge in [0, 0.05) is 35.0 Å². The summed E-state index contributed by atoms with van der Waals surface area (Å²) in [6.07, 6.45) is 2.20. The van der Waals surface area contributed by atoms with Gasteiger partial charge in [0.1, 0.15) is 0 Å². The summed E-state index contributed by atoms with van der Waals surface area (Å²) in [6, 6.07) is 17.3. The molecule has 2 N–H and O–H groups in total. The Kier molecular flexibility index (Phi) is 5.74. The van der Waals surface area contributed by atoms with Crippen LogP contribution in [0.2, 0.25) is 0 Å². The molecular formula is C19H22BrN3S. The second kappa shape index (κ2) is 7.99. The van der Waals surface area contributed by atoms with Crippen molar-refractivity contribution in [2.45, 2.75) is 25.8 Å². The van der Waals surface area contributed by atoms with Gasteiger partial charge in [-0.25, -0.2) is 0 Å². The molecule has 1 aliphatic heterocycles. The quantitative estimate of drug-likeness (QED) is 0.564. The van der Waals surface area contributed by atoms with Crippen molar-refractivity contribution in [3.63, 3.8) is 0 Å². The Morgan fingerprint density at radius 3 is 2.75 bits per heavy atom. The molecule has 1 atom stereocenters. The van der Waals surface area contributed by atoms with Gasteiger partial charge in [-0.2, -0.15) is 0 Å². The number of benzene rings is 2. The zero-order valence-corrected chi connectivity index (χ0v) is 16.2. The number of nitrogens with one attached hydrogen (secondary N) is 2. The molecule has 0 radical (unpaired) electrons. The molecule has 126 valence electrons. The predicted octanol–water partition coefficient (Wildman–Crippen LogP) is 4.58. The van der Waals surface area contributed by atoms with Crippen LogP contribution in [0.3, 0.4) is 0 Å². The third-order valence-corrected chi connectivity index (χ3v) is 5.09. The first-order valence-electron chi connectivity index (χ1n) is 8.28. The van der Waals surface area contributed by atoms with Gasteiger partial charge < -0.3 is 15.5 Å². The van der Waals surface area contributed by atoms with Gasteiger partial charge in [-0.3, -0.25) is 0 Å². The van der Waals surface area contributed by atoms with Gasteiger partial charge in [0.2, 0.25) is 0 Å². The van der Waals surface area contributed by atoms with Crippen LogP contribution in [-0.4, -0.2) is 24.2 Å². The van der Waals surface area contributed by atoms with E-state index in [1.54, 1.807) is 0 Å². The Hall–Kier alpha value is -1.59. The molecule has 2 aromatic carbocycles. The number of nitrogens with zero attached hydrogens (tertiary/aromatic N) is 1. The normalized spacial score (nSPS) is 15.9. The lowest BCUT2D eigenvalue weighted by Gasteiger charge is -2.25. The number of hydrogen-bond donors (Lipinski definition) is 2. The van der Waals surface area contributed by atoms with E-state index >= 15 is 0 Å². The van der Waals surface area contributed by atoms with Crippen molar-refractivity contribution in [2.24, 2.45) is 0 Å². The highest BCUT2D eigenvalue weighted by Gasteiger charge is 2.24. The number of para-hydroxylation sites is 1. The molecular weight excluding hydrogens is 382 g/mol. The fourth-order valence-corrected chi connectivity index (χ4v) is 3.61. The SMILES string of the molecule is C[C@H]1Cc2ccccc2N1CCCNC(=S)Nc1ccc(Br)cc1. The molecule has 3 rings (SSSR count). The largest absolute Gasteiger partial charge is 0.368 e. The maximum atomic E-state index is 5.36. The van der Waals surface area contributed by atoms with Gasteiger partial charge >= 0.3 is 0 Å². The molecule has 0 saturated carbocycles. The number of rotatable bonds is 5. The van der Waals surface area contributed by atoms with E-state index in [1.165, 1.54) is 11.3 Å². The predicted molar refractivity (Wildman–Crippen MR) is 110 cm³/mol. The summed E-state index contributed by atoms with van der Waals surface area (Å²) in [4.78, 5) is 2.50. The van der Waals surface area contributed by atoms with Crippen LogP contribution in [0.15, 0.2) is 53.0 Å². The molecule has 0 fully saturated rings. The highest BCUT2D eigenvalue weighted by Crippen LogP contribution is 2.31. The number of hydrogen-bond acceptors (Lipinski definition) is 2. The molecule has 0 spiro atoms. The molecule has 24 heavy (non-hydrogen) atoms. The summed E-state index contributed by atoms with van der Waals surface area (Å²) in [7, 11) is 0. The number of anilines is 2. The maximum Gasteiger partial charge on any atom is 0.170 e. The smallest absolute Gasteiger partial charge is 0.170 e. The Bertz CT molecular complexity index is 702. The van der Waals surface area contributed by atoms with Crippen LogP contribution < -0.4 is 15.5 Å². The minimum atomic E-state index is 0.579. The standard InChI is InChI=1S/C19H22BrN3S/c1-14-13-15-5-2-3-6-18(15)23(14)12-4-11-21-19(24)22-17-9-7-16(20)8-10-17/h2-3,5-10,14H,4,11-13H2,1H3,(H2,21,22,24)/t14-/m0/s1. The van der Waals surface area contributed by atoms with Crippen molar-refractivity contribution >= 4 is 44.6 Å². The van der Waals surface area contributed by atoms with Crippen LogP contribution in [0.1, 0.15) is 18.9 Å². The topological polar surface area (TPSA) is 27.3 Å². The fourth-order valence-electron chi connectivity index (χ4n) is 3.13. The van der Waals surface area contributed by atoms with Crippen LogP contribution in [0.25, 0.3) is 0 Å². The van der Waals surface area contributed by atoms with E-state index < -0.39 is 0 Å². The number of halogens is 1. The van der Waals surface area contributed by atoms with E-state index in [0.29, 0.717) is 11.2 Å². The van der Waals surface area contributed by atoms with Crippen molar-refractivity contribution in [3.05, 3.63) is 58.6 Å². The summed E-state index contributed by atoms with van der Waals surface area (Å²) >= 11 is 8.79. The van der Waals surface area contributed by atoms with Gasteiger partial charge in [-0.15, -0.1) is 0 Å². The van der Waals surface area contributed by atoms with E-state index in [9.17, 15) is 0 Å². The van der Waals surface area contributed by atoms with E-state index in [2.05, 4.69) is 62.7 Å². The minimum Gasteiger partial charge on any atom is -0.368 e. The van der Waals surface area contributed by atoms with Crippen molar-refractivity contribution in [1.29, 1.82) is 0 Å². The van der Waals surface area contributed by atoms with Crippen LogP contribution in [0.5, 0.6) is 0 Å². The van der Waals surface area contributed by atoms with Crippen molar-refractivity contribution in [2.75, 3.05) is 23.3 Å². The van der Waals surface area contributed by atoms with E-state index in [4.69, 9.17) is 12.2 Å². The van der Waals surface area contributed by atoms with Crippen LogP contribution >= 0.6 is 28.1 Å². The lowest BCUT2D eigenvalue weighted by Crippen LogP contribution is -2.34. The molecule has 0 amide bonds. The van der Waals surface area contributed by atoms with Gasteiger partial charge in [0.15, 0.2) is 5.11 Å². The summed E-state index contributed by atoms with van der Waals surface area (Å²) in [5.41, 5.74) is 3.85. The highest BCUT2D eigenvalue weighted by molar-refractivity contribution is 9.10. The molecule has 0 aliphatic carbocycles. The van der Waals surface area contributed by atoms with Crippen LogP contribution in [-0.2, 0) is 6.42 Å². The monoisotopic (exact) mass is 403 g/mol. The van der Waals surface area contributed by atoms with Gasteiger partial charge in [-0.1, -0.05) is 34.1 Å². The zero-order chi connectivity index (χ0) is 16.9. The Balaban J connectivity index is 1.42. The second-order valence-electron chi connectivity index (χ2n) is 6.12. The summed E-state index contributed by atoms with van der Waals surface area (Å²) < 4.78 is 1.06. The third-order valence-electron chi connectivity index (χ3n) is 4.31. The Morgan fingerprint density at radius 2 is 1.96 bits per heavy atom. The second-order valence-corrected chi connectivity index (χ2v) is 7.44. The lowest BCUT2D eigenvalue weighted by molar-refractivity contribution is 0.641. The first kappa shape index (κ1) is 17.2. The third kappa shape index (κ3) is 4.28. The molecule has 1 aliphatic rings. The summed E-state index contributed by atoms with van der Waals surface area (Å²) in [5.74, 6) is 0. The van der Waals surface area contributed by atoms with Gasteiger partial charge in [0.05, 0.1) is 0 Å². The first-order valence-corrected chi connectivity index (χ1v) is 9.48. The van der Waals surface area contributed by atoms with Crippen LogP contribution in [0, 0.1) is 0 Å². The maximum absolute atomic E-state index is 5.36. The van der Waals surface area contributed by atoms with E-state index in [1.807, 2.05) is 24.3 Å². The molecule has 0 aromatic heterocycles. The minimum absolute atomic E-state index is 0.579. The highest BCUT2D eigenvalue weighted by atomic mass is 79.9. The first-order chi connectivity index (χ1) is 11.6. The molecule has 5 heteroatoms. The lowest BCUT2D eigenvalue weighted by atomic mass is 10.1. The molecule has 0 bridgehead atoms. The molecule has 3 nitrogen and oxygen atoms in total.